The minimum Gasteiger partial charge on any atom is -0.489 e. The van der Waals surface area contributed by atoms with E-state index in [0.717, 1.165) is 12.8 Å². The molecule has 3 N–H and O–H groups in total. The van der Waals surface area contributed by atoms with Gasteiger partial charge in [-0.2, -0.15) is 8.78 Å². The van der Waals surface area contributed by atoms with E-state index < -0.39 is 47.7 Å². The number of Topliss-reactive ketones (excluding diaryl/α,β-unsaturated/α-hetero) is 1. The second kappa shape index (κ2) is 12.4. The normalized spacial score (nSPS) is 14.8. The molecule has 3 rings (SSSR count). The van der Waals surface area contributed by atoms with Gasteiger partial charge < -0.3 is 34.5 Å². The van der Waals surface area contributed by atoms with Crippen molar-refractivity contribution in [1.29, 1.82) is 5.41 Å². The number of aromatic nitrogens is 1. The minimum atomic E-state index is -3.08. The Labute approximate surface area is 229 Å². The highest BCUT2D eigenvalue weighted by Gasteiger charge is 2.34. The molecule has 11 nitrogen and oxygen atoms in total. The number of alkyl carbamates (subject to hydrolysis) is 1. The van der Waals surface area contributed by atoms with Crippen molar-refractivity contribution in [3.05, 3.63) is 29.7 Å². The van der Waals surface area contributed by atoms with Crippen molar-refractivity contribution in [2.45, 2.75) is 72.1 Å². The van der Waals surface area contributed by atoms with Crippen LogP contribution < -0.4 is 14.8 Å². The third-order valence-electron chi connectivity index (χ3n) is 5.87. The SMILES string of the molecule is CC[C@@H](C(=N)C(=O)c1nc(-c2ccc(OC(F)F)c(OCC3CC3)c2)oc1[C@H](C)NC(=O)OC(C)(C)C)C(=O)O. The second-order valence-corrected chi connectivity index (χ2v) is 10.4. The molecule has 0 radical (unpaired) electrons. The van der Waals surface area contributed by atoms with E-state index in [0.29, 0.717) is 12.5 Å². The number of rotatable bonds is 13. The van der Waals surface area contributed by atoms with Crippen LogP contribution in [0.1, 0.15) is 76.2 Å². The monoisotopic (exact) mass is 565 g/mol. The molecule has 1 aromatic heterocycles. The number of benzene rings is 1. The van der Waals surface area contributed by atoms with Crippen LogP contribution in [0.3, 0.4) is 0 Å². The predicted molar refractivity (Wildman–Crippen MR) is 138 cm³/mol. The minimum absolute atomic E-state index is 0.0149. The molecule has 0 saturated heterocycles. The first-order valence-corrected chi connectivity index (χ1v) is 12.8. The number of ketones is 1. The third-order valence-corrected chi connectivity index (χ3v) is 5.87. The number of hydrogen-bond donors (Lipinski definition) is 3. The highest BCUT2D eigenvalue weighted by atomic mass is 19.3. The van der Waals surface area contributed by atoms with Gasteiger partial charge in [-0.05, 0) is 71.1 Å². The van der Waals surface area contributed by atoms with E-state index in [1.165, 1.54) is 32.0 Å². The standard InChI is InChI=1S/C27H33F2N3O8/c1-6-16(24(34)35)19(30)21(33)20-22(13(2)31-26(36)40-27(3,4)5)39-23(32-20)15-9-10-17(38-25(28)29)18(11-15)37-12-14-7-8-14/h9-11,13-14,16,25,30H,6-8,12H2,1-5H3,(H,31,36)(H,34,35)/t13-,16-/m0/s1. The van der Waals surface area contributed by atoms with Gasteiger partial charge in [-0.3, -0.25) is 9.59 Å². The number of halogens is 2. The summed E-state index contributed by atoms with van der Waals surface area (Å²) >= 11 is 0. The molecule has 1 aliphatic carbocycles. The smallest absolute Gasteiger partial charge is 0.408 e. The van der Waals surface area contributed by atoms with Gasteiger partial charge in [0.1, 0.15) is 11.5 Å². The fourth-order valence-corrected chi connectivity index (χ4v) is 3.69. The number of oxazole rings is 1. The fraction of sp³-hybridized carbons (Fsp3) is 0.519. The first-order valence-electron chi connectivity index (χ1n) is 12.8. The van der Waals surface area contributed by atoms with Crippen molar-refractivity contribution in [2.75, 3.05) is 6.61 Å². The molecule has 2 aromatic rings. The van der Waals surface area contributed by atoms with E-state index in [2.05, 4.69) is 15.0 Å². The zero-order valence-electron chi connectivity index (χ0n) is 22.9. The maximum atomic E-state index is 13.3. The summed E-state index contributed by atoms with van der Waals surface area (Å²) in [6.45, 7) is 5.23. The molecular formula is C27H33F2N3O8. The lowest BCUT2D eigenvalue weighted by molar-refractivity contribution is -0.139. The quantitative estimate of drug-likeness (QED) is 0.206. The Morgan fingerprint density at radius 1 is 1.23 bits per heavy atom. The number of nitrogens with one attached hydrogen (secondary N) is 2. The second-order valence-electron chi connectivity index (χ2n) is 10.4. The van der Waals surface area contributed by atoms with Crippen molar-refractivity contribution in [3.8, 4) is 23.0 Å². The summed E-state index contributed by atoms with van der Waals surface area (Å²) in [4.78, 5) is 41.5. The van der Waals surface area contributed by atoms with Crippen molar-refractivity contribution in [3.63, 3.8) is 0 Å². The number of amides is 1. The summed E-state index contributed by atoms with van der Waals surface area (Å²) in [5, 5.41) is 20.2. The Bertz CT molecular complexity index is 1270. The van der Waals surface area contributed by atoms with Gasteiger partial charge in [-0.15, -0.1) is 0 Å². The van der Waals surface area contributed by atoms with Crippen LogP contribution in [0.2, 0.25) is 0 Å². The van der Waals surface area contributed by atoms with Gasteiger partial charge in [-0.25, -0.2) is 9.78 Å². The van der Waals surface area contributed by atoms with Crippen LogP contribution in [-0.4, -0.2) is 52.5 Å². The zero-order valence-corrected chi connectivity index (χ0v) is 22.9. The first-order chi connectivity index (χ1) is 18.7. The highest BCUT2D eigenvalue weighted by Crippen LogP contribution is 2.37. The van der Waals surface area contributed by atoms with Gasteiger partial charge in [-0.1, -0.05) is 6.92 Å². The average Bonchev–Trinajstić information content (AvgIpc) is 3.56. The topological polar surface area (TPSA) is 161 Å². The number of ether oxygens (including phenoxy) is 3. The van der Waals surface area contributed by atoms with Crippen LogP contribution in [-0.2, 0) is 9.53 Å². The van der Waals surface area contributed by atoms with Crippen molar-refractivity contribution in [1.82, 2.24) is 10.3 Å². The molecule has 13 heteroatoms. The molecule has 40 heavy (non-hydrogen) atoms. The van der Waals surface area contributed by atoms with Crippen molar-refractivity contribution in [2.24, 2.45) is 11.8 Å². The van der Waals surface area contributed by atoms with E-state index in [9.17, 15) is 28.3 Å². The zero-order chi connectivity index (χ0) is 29.8. The van der Waals surface area contributed by atoms with Gasteiger partial charge in [0.15, 0.2) is 23.0 Å². The van der Waals surface area contributed by atoms with Crippen LogP contribution in [0.4, 0.5) is 13.6 Å². The lowest BCUT2D eigenvalue weighted by atomic mass is 9.95. The summed E-state index contributed by atoms with van der Waals surface area (Å²) in [6, 6.07) is 3.00. The molecule has 218 valence electrons. The Hall–Kier alpha value is -4.03. The summed E-state index contributed by atoms with van der Waals surface area (Å²) in [6.07, 6.45) is 1.10. The van der Waals surface area contributed by atoms with E-state index >= 15 is 0 Å². The lowest BCUT2D eigenvalue weighted by Gasteiger charge is -2.21. The number of hydrogen-bond acceptors (Lipinski definition) is 9. The fourth-order valence-electron chi connectivity index (χ4n) is 3.69. The number of nitrogens with zero attached hydrogens (tertiary/aromatic N) is 1. The number of carbonyl (C=O) groups excluding carboxylic acids is 2. The van der Waals surface area contributed by atoms with Crippen LogP contribution in [0.5, 0.6) is 11.5 Å². The Balaban J connectivity index is 2.02. The van der Waals surface area contributed by atoms with E-state index in [1.807, 2.05) is 0 Å². The van der Waals surface area contributed by atoms with Crippen molar-refractivity contribution >= 4 is 23.6 Å². The van der Waals surface area contributed by atoms with E-state index in [4.69, 9.17) is 19.3 Å². The van der Waals surface area contributed by atoms with Crippen LogP contribution in [0.15, 0.2) is 22.6 Å². The summed E-state index contributed by atoms with van der Waals surface area (Å²) in [5.41, 5.74) is -1.67. The first kappa shape index (κ1) is 30.5. The Kier molecular flexibility index (Phi) is 9.48. The number of carboxylic acid groups (broad SMARTS) is 1. The molecule has 1 aliphatic rings. The average molecular weight is 566 g/mol. The van der Waals surface area contributed by atoms with Gasteiger partial charge in [0.25, 0.3) is 0 Å². The molecule has 2 atom stereocenters. The predicted octanol–water partition coefficient (Wildman–Crippen LogP) is 5.63. The number of aliphatic carboxylic acids is 1. The molecular weight excluding hydrogens is 532 g/mol. The number of alkyl halides is 2. The Morgan fingerprint density at radius 3 is 2.45 bits per heavy atom. The van der Waals surface area contributed by atoms with Crippen LogP contribution in [0.25, 0.3) is 11.5 Å². The van der Waals surface area contributed by atoms with E-state index in [-0.39, 0.29) is 40.8 Å². The maximum absolute atomic E-state index is 13.3. The van der Waals surface area contributed by atoms with Crippen LogP contribution in [0, 0.1) is 17.2 Å². The summed E-state index contributed by atoms with van der Waals surface area (Å²) in [5.74, 6) is -3.90. The largest absolute Gasteiger partial charge is 0.489 e. The Morgan fingerprint density at radius 2 is 1.90 bits per heavy atom. The number of carboxylic acids is 1. The summed E-state index contributed by atoms with van der Waals surface area (Å²) < 4.78 is 47.3. The van der Waals surface area contributed by atoms with Crippen LogP contribution >= 0.6 is 0 Å². The van der Waals surface area contributed by atoms with Gasteiger partial charge >= 0.3 is 18.7 Å². The third kappa shape index (κ3) is 7.99. The molecule has 1 fully saturated rings. The van der Waals surface area contributed by atoms with Gasteiger partial charge in [0, 0.05) is 5.56 Å². The van der Waals surface area contributed by atoms with E-state index in [1.54, 1.807) is 20.8 Å². The molecule has 1 amide bonds. The van der Waals surface area contributed by atoms with Gasteiger partial charge in [0.05, 0.1) is 18.4 Å². The lowest BCUT2D eigenvalue weighted by Crippen LogP contribution is -2.35. The summed E-state index contributed by atoms with van der Waals surface area (Å²) in [7, 11) is 0. The van der Waals surface area contributed by atoms with Crippen molar-refractivity contribution < 1.29 is 46.9 Å². The molecule has 0 aliphatic heterocycles. The molecule has 0 spiro atoms. The maximum Gasteiger partial charge on any atom is 0.408 e. The molecule has 1 aromatic carbocycles. The van der Waals surface area contributed by atoms with Gasteiger partial charge in [0.2, 0.25) is 11.7 Å². The molecule has 1 heterocycles. The molecule has 0 bridgehead atoms. The highest BCUT2D eigenvalue weighted by molar-refractivity contribution is 6.47. The molecule has 0 unspecified atom stereocenters. The number of carbonyl (C=O) groups is 3. The molecule has 1 saturated carbocycles.